The van der Waals surface area contributed by atoms with Gasteiger partial charge < -0.3 is 10.1 Å². The molecule has 0 aliphatic heterocycles. The second kappa shape index (κ2) is 9.65. The number of halogens is 1. The fourth-order valence-electron chi connectivity index (χ4n) is 2.50. The molecule has 0 radical (unpaired) electrons. The third-order valence-electron chi connectivity index (χ3n) is 3.85. The number of benzene rings is 2. The number of nitro groups is 1. The van der Waals surface area contributed by atoms with Gasteiger partial charge in [0.2, 0.25) is 11.6 Å². The number of amides is 1. The fourth-order valence-corrected chi connectivity index (χ4v) is 2.97. The summed E-state index contributed by atoms with van der Waals surface area (Å²) in [5.74, 6) is -0.00516. The van der Waals surface area contributed by atoms with Gasteiger partial charge in [-0.1, -0.05) is 12.1 Å². The van der Waals surface area contributed by atoms with Crippen molar-refractivity contribution in [3.05, 3.63) is 75.0 Å². The highest BCUT2D eigenvalue weighted by Crippen LogP contribution is 2.31. The number of anilines is 3. The van der Waals surface area contributed by atoms with Gasteiger partial charge in [0.1, 0.15) is 12.1 Å². The first-order chi connectivity index (χ1) is 14.5. The van der Waals surface area contributed by atoms with Crippen LogP contribution in [0.2, 0.25) is 0 Å². The van der Waals surface area contributed by atoms with E-state index in [0.717, 1.165) is 6.33 Å². The minimum atomic E-state index is -0.635. The summed E-state index contributed by atoms with van der Waals surface area (Å²) in [6.07, 6.45) is 1.15. The van der Waals surface area contributed by atoms with Crippen LogP contribution in [0.5, 0.6) is 5.75 Å². The number of hydrazine groups is 1. The van der Waals surface area contributed by atoms with Crippen molar-refractivity contribution < 1.29 is 14.5 Å². The van der Waals surface area contributed by atoms with E-state index in [9.17, 15) is 14.9 Å². The Labute approximate surface area is 179 Å². The van der Waals surface area contributed by atoms with Crippen LogP contribution >= 0.6 is 15.9 Å². The molecule has 1 aromatic heterocycles. The SMILES string of the molecule is CCOc1ccc(Nc2ncnc(NNC(=O)c3ccccc3Br)c2[N+](=O)[O-])cc1. The Morgan fingerprint density at radius 2 is 1.83 bits per heavy atom. The van der Waals surface area contributed by atoms with E-state index in [4.69, 9.17) is 4.74 Å². The lowest BCUT2D eigenvalue weighted by Crippen LogP contribution is -2.30. The van der Waals surface area contributed by atoms with Gasteiger partial charge >= 0.3 is 5.69 Å². The molecule has 154 valence electrons. The van der Waals surface area contributed by atoms with Crippen LogP contribution in [-0.2, 0) is 0 Å². The van der Waals surface area contributed by atoms with E-state index in [1.165, 1.54) is 0 Å². The predicted molar refractivity (Wildman–Crippen MR) is 115 cm³/mol. The standard InChI is InChI=1S/C19H17BrN6O4/c1-2-30-13-9-7-12(8-10-13)23-17-16(26(28)29)18(22-11-21-17)24-25-19(27)14-5-3-4-6-15(14)20/h3-11H,2H2,1H3,(H,25,27)(H2,21,22,23,24). The summed E-state index contributed by atoms with van der Waals surface area (Å²) in [6, 6.07) is 13.7. The zero-order valence-corrected chi connectivity index (χ0v) is 17.3. The molecular formula is C19H17BrN6O4. The molecule has 2 aromatic carbocycles. The van der Waals surface area contributed by atoms with E-state index in [1.807, 2.05) is 6.92 Å². The predicted octanol–water partition coefficient (Wildman–Crippen LogP) is 4.05. The van der Waals surface area contributed by atoms with Gasteiger partial charge in [-0.05, 0) is 59.3 Å². The van der Waals surface area contributed by atoms with Crippen molar-refractivity contribution in [2.24, 2.45) is 0 Å². The maximum Gasteiger partial charge on any atom is 0.355 e. The van der Waals surface area contributed by atoms with Crippen molar-refractivity contribution in [2.45, 2.75) is 6.92 Å². The second-order valence-electron chi connectivity index (χ2n) is 5.82. The van der Waals surface area contributed by atoms with Gasteiger partial charge in [-0.2, -0.15) is 0 Å². The highest BCUT2D eigenvalue weighted by Gasteiger charge is 2.24. The van der Waals surface area contributed by atoms with E-state index in [2.05, 4.69) is 42.1 Å². The van der Waals surface area contributed by atoms with Crippen LogP contribution in [0.3, 0.4) is 0 Å². The number of carbonyl (C=O) groups excluding carboxylic acids is 1. The number of hydrogen-bond acceptors (Lipinski definition) is 8. The van der Waals surface area contributed by atoms with Crippen LogP contribution in [0.25, 0.3) is 0 Å². The summed E-state index contributed by atoms with van der Waals surface area (Å²) in [4.78, 5) is 31.2. The first-order valence-electron chi connectivity index (χ1n) is 8.79. The first-order valence-corrected chi connectivity index (χ1v) is 9.59. The second-order valence-corrected chi connectivity index (χ2v) is 6.67. The summed E-state index contributed by atoms with van der Waals surface area (Å²) >= 11 is 3.28. The first kappa shape index (κ1) is 21.0. The minimum Gasteiger partial charge on any atom is -0.494 e. The average molecular weight is 473 g/mol. The number of rotatable bonds is 8. The lowest BCUT2D eigenvalue weighted by Gasteiger charge is -2.12. The summed E-state index contributed by atoms with van der Waals surface area (Å²) in [5.41, 5.74) is 5.42. The quantitative estimate of drug-likeness (QED) is 0.330. The molecule has 0 aliphatic rings. The van der Waals surface area contributed by atoms with E-state index in [1.54, 1.807) is 48.5 Å². The molecule has 0 atom stereocenters. The maximum absolute atomic E-state index is 12.3. The summed E-state index contributed by atoms with van der Waals surface area (Å²) < 4.78 is 5.96. The molecule has 0 saturated carbocycles. The Kier molecular flexibility index (Phi) is 6.75. The van der Waals surface area contributed by atoms with Crippen molar-refractivity contribution >= 4 is 44.8 Å². The Bertz CT molecular complexity index is 1060. The molecule has 0 spiro atoms. The van der Waals surface area contributed by atoms with Crippen molar-refractivity contribution in [2.75, 3.05) is 17.3 Å². The molecule has 0 aliphatic carbocycles. The molecule has 10 nitrogen and oxygen atoms in total. The van der Waals surface area contributed by atoms with Gasteiger partial charge in [0.25, 0.3) is 5.91 Å². The van der Waals surface area contributed by atoms with Gasteiger partial charge in [-0.25, -0.2) is 9.97 Å². The van der Waals surface area contributed by atoms with Gasteiger partial charge in [-0.3, -0.25) is 25.8 Å². The molecule has 0 bridgehead atoms. The molecule has 1 amide bonds. The van der Waals surface area contributed by atoms with Crippen molar-refractivity contribution in [1.82, 2.24) is 15.4 Å². The Hall–Kier alpha value is -3.73. The van der Waals surface area contributed by atoms with Crippen LogP contribution < -0.4 is 20.9 Å². The zero-order valence-electron chi connectivity index (χ0n) is 15.8. The smallest absolute Gasteiger partial charge is 0.355 e. The molecule has 0 saturated heterocycles. The topological polar surface area (TPSA) is 131 Å². The number of ether oxygens (including phenoxy) is 1. The molecule has 11 heteroatoms. The third-order valence-corrected chi connectivity index (χ3v) is 4.54. The molecule has 3 aromatic rings. The van der Waals surface area contributed by atoms with Crippen molar-refractivity contribution in [1.29, 1.82) is 0 Å². The number of nitrogens with zero attached hydrogens (tertiary/aromatic N) is 3. The number of nitrogens with one attached hydrogen (secondary N) is 3. The van der Waals surface area contributed by atoms with Gasteiger partial charge in [0, 0.05) is 10.2 Å². The van der Waals surface area contributed by atoms with Gasteiger partial charge in [-0.15, -0.1) is 0 Å². The average Bonchev–Trinajstić information content (AvgIpc) is 2.74. The van der Waals surface area contributed by atoms with E-state index in [0.29, 0.717) is 28.1 Å². The van der Waals surface area contributed by atoms with E-state index < -0.39 is 16.5 Å². The minimum absolute atomic E-state index is 0.0307. The Morgan fingerprint density at radius 3 is 2.50 bits per heavy atom. The van der Waals surface area contributed by atoms with Crippen LogP contribution in [0.15, 0.2) is 59.3 Å². The molecule has 0 fully saturated rings. The van der Waals surface area contributed by atoms with E-state index in [-0.39, 0.29) is 11.6 Å². The molecule has 3 N–H and O–H groups in total. The van der Waals surface area contributed by atoms with Crippen molar-refractivity contribution in [3.8, 4) is 5.75 Å². The molecule has 1 heterocycles. The lowest BCUT2D eigenvalue weighted by atomic mass is 10.2. The Morgan fingerprint density at radius 1 is 1.13 bits per heavy atom. The Balaban J connectivity index is 1.80. The molecular weight excluding hydrogens is 456 g/mol. The highest BCUT2D eigenvalue weighted by molar-refractivity contribution is 9.10. The zero-order chi connectivity index (χ0) is 21.5. The van der Waals surface area contributed by atoms with Crippen LogP contribution in [-0.4, -0.2) is 27.4 Å². The monoisotopic (exact) mass is 472 g/mol. The maximum atomic E-state index is 12.3. The molecule has 3 rings (SSSR count). The number of hydrogen-bond donors (Lipinski definition) is 3. The molecule has 30 heavy (non-hydrogen) atoms. The van der Waals surface area contributed by atoms with Crippen molar-refractivity contribution in [3.63, 3.8) is 0 Å². The normalized spacial score (nSPS) is 10.2. The summed E-state index contributed by atoms with van der Waals surface area (Å²) in [6.45, 7) is 2.41. The van der Waals surface area contributed by atoms with Crippen LogP contribution in [0, 0.1) is 10.1 Å². The third kappa shape index (κ3) is 5.00. The van der Waals surface area contributed by atoms with Crippen LogP contribution in [0.1, 0.15) is 17.3 Å². The fraction of sp³-hybridized carbons (Fsp3) is 0.105. The summed E-state index contributed by atoms with van der Waals surface area (Å²) in [5, 5.41) is 14.5. The largest absolute Gasteiger partial charge is 0.494 e. The highest BCUT2D eigenvalue weighted by atomic mass is 79.9. The van der Waals surface area contributed by atoms with Gasteiger partial charge in [0.05, 0.1) is 17.1 Å². The van der Waals surface area contributed by atoms with Gasteiger partial charge in [0.15, 0.2) is 0 Å². The summed E-state index contributed by atoms with van der Waals surface area (Å²) in [7, 11) is 0. The number of aromatic nitrogens is 2. The van der Waals surface area contributed by atoms with Crippen LogP contribution in [0.4, 0.5) is 23.0 Å². The number of carbonyl (C=O) groups is 1. The van der Waals surface area contributed by atoms with E-state index >= 15 is 0 Å². The lowest BCUT2D eigenvalue weighted by molar-refractivity contribution is -0.383. The molecule has 0 unspecified atom stereocenters.